The Balaban J connectivity index is 0.000000309. The van der Waals surface area contributed by atoms with Gasteiger partial charge < -0.3 is 15.3 Å². The molecule has 6 heteroatoms. The number of amides is 2. The van der Waals surface area contributed by atoms with E-state index in [1.165, 1.54) is 18.7 Å². The normalized spacial score (nSPS) is 24.1. The van der Waals surface area contributed by atoms with E-state index in [1.54, 1.807) is 24.3 Å². The molecule has 1 aliphatic carbocycles. The van der Waals surface area contributed by atoms with Crippen LogP contribution < -0.4 is 0 Å². The van der Waals surface area contributed by atoms with Gasteiger partial charge in [-0.1, -0.05) is 12.1 Å². The molecular formula is C16H21NO5. The van der Waals surface area contributed by atoms with Gasteiger partial charge in [-0.05, 0) is 45.2 Å². The van der Waals surface area contributed by atoms with Crippen LogP contribution in [-0.4, -0.2) is 50.0 Å². The average molecular weight is 307 g/mol. The van der Waals surface area contributed by atoms with Gasteiger partial charge in [0, 0.05) is 6.04 Å². The largest absolute Gasteiger partial charge is 0.393 e. The molecule has 1 heterocycles. The van der Waals surface area contributed by atoms with E-state index < -0.39 is 5.79 Å². The molecule has 0 saturated heterocycles. The van der Waals surface area contributed by atoms with Crippen LogP contribution in [0.3, 0.4) is 0 Å². The van der Waals surface area contributed by atoms with Crippen LogP contribution in [0.5, 0.6) is 0 Å². The fraction of sp³-hybridized carbons (Fsp3) is 0.500. The maximum Gasteiger partial charge on any atom is 0.261 e. The Hall–Kier alpha value is -1.76. The number of benzene rings is 1. The van der Waals surface area contributed by atoms with E-state index in [9.17, 15) is 14.7 Å². The minimum Gasteiger partial charge on any atom is -0.393 e. The molecule has 1 fully saturated rings. The molecule has 0 aromatic heterocycles. The number of imide groups is 1. The molecule has 1 aliphatic heterocycles. The lowest BCUT2D eigenvalue weighted by atomic mass is 10.1. The van der Waals surface area contributed by atoms with Crippen LogP contribution in [-0.2, 0) is 0 Å². The number of carbonyl (C=O) groups excluding carboxylic acids is 2. The van der Waals surface area contributed by atoms with Crippen LogP contribution in [0, 0.1) is 0 Å². The zero-order chi connectivity index (χ0) is 16.5. The van der Waals surface area contributed by atoms with Crippen molar-refractivity contribution in [1.82, 2.24) is 4.90 Å². The number of aliphatic hydroxyl groups excluding tert-OH is 1. The monoisotopic (exact) mass is 307 g/mol. The number of carbonyl (C=O) groups is 2. The van der Waals surface area contributed by atoms with Gasteiger partial charge in [0.1, 0.15) is 0 Å². The van der Waals surface area contributed by atoms with Gasteiger partial charge >= 0.3 is 0 Å². The van der Waals surface area contributed by atoms with E-state index in [1.807, 2.05) is 0 Å². The highest BCUT2D eigenvalue weighted by atomic mass is 16.5. The summed E-state index contributed by atoms with van der Waals surface area (Å²) in [5.74, 6) is -1.94. The molecule has 3 rings (SSSR count). The fourth-order valence-electron chi connectivity index (χ4n) is 2.71. The van der Waals surface area contributed by atoms with Crippen molar-refractivity contribution in [3.63, 3.8) is 0 Å². The van der Waals surface area contributed by atoms with Gasteiger partial charge in [0.2, 0.25) is 0 Å². The van der Waals surface area contributed by atoms with Crippen molar-refractivity contribution in [3.05, 3.63) is 35.4 Å². The molecular weight excluding hydrogens is 286 g/mol. The van der Waals surface area contributed by atoms with Crippen molar-refractivity contribution in [2.24, 2.45) is 0 Å². The summed E-state index contributed by atoms with van der Waals surface area (Å²) >= 11 is 0. The summed E-state index contributed by atoms with van der Waals surface area (Å²) in [5, 5.41) is 25.7. The highest BCUT2D eigenvalue weighted by molar-refractivity contribution is 6.21. The first kappa shape index (κ1) is 16.6. The topological polar surface area (TPSA) is 98.1 Å². The Morgan fingerprint density at radius 2 is 1.50 bits per heavy atom. The molecule has 120 valence electrons. The first-order valence-corrected chi connectivity index (χ1v) is 7.28. The van der Waals surface area contributed by atoms with Crippen molar-refractivity contribution in [2.45, 2.75) is 51.0 Å². The van der Waals surface area contributed by atoms with Crippen LogP contribution >= 0.6 is 0 Å². The van der Waals surface area contributed by atoms with Crippen molar-refractivity contribution in [2.75, 3.05) is 0 Å². The molecule has 6 nitrogen and oxygen atoms in total. The first-order chi connectivity index (χ1) is 10.2. The van der Waals surface area contributed by atoms with Crippen LogP contribution in [0.15, 0.2) is 24.3 Å². The molecule has 2 atom stereocenters. The summed E-state index contributed by atoms with van der Waals surface area (Å²) in [6, 6.07) is 6.74. The Morgan fingerprint density at radius 3 is 1.86 bits per heavy atom. The van der Waals surface area contributed by atoms with Gasteiger partial charge in [0.05, 0.1) is 17.2 Å². The molecule has 2 aliphatic rings. The minimum absolute atomic E-state index is 0.141. The number of hydrogen-bond donors (Lipinski definition) is 3. The number of fused-ring (bicyclic) bond motifs is 1. The van der Waals surface area contributed by atoms with Gasteiger partial charge in [-0.25, -0.2) is 0 Å². The summed E-state index contributed by atoms with van der Waals surface area (Å²) in [5.41, 5.74) is 0.970. The standard InChI is InChI=1S/C13H13NO3.C3H8O2/c15-9-6-5-8(7-9)14-12(16)10-3-1-2-4-11(10)13(14)17;1-3(2,4)5/h1-4,8-9,15H,5-7H2;4-5H,1-2H3. The number of rotatable bonds is 1. The maximum absolute atomic E-state index is 12.1. The van der Waals surface area contributed by atoms with Crippen LogP contribution in [0.4, 0.5) is 0 Å². The Bertz CT molecular complexity index is 537. The average Bonchev–Trinajstić information content (AvgIpc) is 2.92. The third kappa shape index (κ3) is 3.71. The van der Waals surface area contributed by atoms with Crippen molar-refractivity contribution < 1.29 is 24.9 Å². The predicted molar refractivity (Wildman–Crippen MR) is 79.1 cm³/mol. The quantitative estimate of drug-likeness (QED) is 0.529. The zero-order valence-electron chi connectivity index (χ0n) is 12.7. The smallest absolute Gasteiger partial charge is 0.261 e. The van der Waals surface area contributed by atoms with E-state index in [0.717, 1.165) is 0 Å². The molecule has 0 bridgehead atoms. The molecule has 2 amide bonds. The third-order valence-electron chi connectivity index (χ3n) is 3.57. The Morgan fingerprint density at radius 1 is 1.05 bits per heavy atom. The van der Waals surface area contributed by atoms with Gasteiger partial charge in [0.15, 0.2) is 5.79 Å². The highest BCUT2D eigenvalue weighted by Gasteiger charge is 2.42. The molecule has 1 aromatic carbocycles. The number of hydrogen-bond acceptors (Lipinski definition) is 5. The minimum atomic E-state index is -1.50. The summed E-state index contributed by atoms with van der Waals surface area (Å²) in [6.45, 7) is 2.60. The van der Waals surface area contributed by atoms with E-state index >= 15 is 0 Å². The number of nitrogens with zero attached hydrogens (tertiary/aromatic N) is 1. The van der Waals surface area contributed by atoms with Crippen molar-refractivity contribution in [1.29, 1.82) is 0 Å². The molecule has 22 heavy (non-hydrogen) atoms. The summed E-state index contributed by atoms with van der Waals surface area (Å²) in [7, 11) is 0. The van der Waals surface area contributed by atoms with Gasteiger partial charge in [-0.3, -0.25) is 14.5 Å². The third-order valence-corrected chi connectivity index (χ3v) is 3.57. The van der Waals surface area contributed by atoms with Crippen molar-refractivity contribution in [3.8, 4) is 0 Å². The van der Waals surface area contributed by atoms with Gasteiger partial charge in [-0.2, -0.15) is 0 Å². The maximum atomic E-state index is 12.1. The van der Waals surface area contributed by atoms with Crippen LogP contribution in [0.1, 0.15) is 53.8 Å². The van der Waals surface area contributed by atoms with E-state index in [0.29, 0.717) is 30.4 Å². The second-order valence-corrected chi connectivity index (χ2v) is 6.14. The van der Waals surface area contributed by atoms with E-state index in [4.69, 9.17) is 10.2 Å². The second-order valence-electron chi connectivity index (χ2n) is 6.14. The summed E-state index contributed by atoms with van der Waals surface area (Å²) in [4.78, 5) is 25.6. The highest BCUT2D eigenvalue weighted by Crippen LogP contribution is 2.31. The lowest BCUT2D eigenvalue weighted by Crippen LogP contribution is -2.38. The summed E-state index contributed by atoms with van der Waals surface area (Å²) in [6.07, 6.45) is 1.49. The zero-order valence-corrected chi connectivity index (χ0v) is 12.7. The van der Waals surface area contributed by atoms with Gasteiger partial charge in [0.25, 0.3) is 11.8 Å². The van der Waals surface area contributed by atoms with E-state index in [-0.39, 0.29) is 24.0 Å². The molecule has 1 saturated carbocycles. The lowest BCUT2D eigenvalue weighted by molar-refractivity contribution is -0.127. The van der Waals surface area contributed by atoms with Crippen molar-refractivity contribution >= 4 is 11.8 Å². The Labute approximate surface area is 129 Å². The molecule has 3 N–H and O–H groups in total. The van der Waals surface area contributed by atoms with Gasteiger partial charge in [-0.15, -0.1) is 0 Å². The SMILES string of the molecule is CC(C)(O)O.O=C1c2ccccc2C(=O)N1C1CCC(O)C1. The van der Waals surface area contributed by atoms with E-state index in [2.05, 4.69) is 0 Å². The second kappa shape index (κ2) is 6.16. The molecule has 2 unspecified atom stereocenters. The van der Waals surface area contributed by atoms with Crippen LogP contribution in [0.2, 0.25) is 0 Å². The van der Waals surface area contributed by atoms with Crippen LogP contribution in [0.25, 0.3) is 0 Å². The predicted octanol–water partition coefficient (Wildman–Crippen LogP) is 0.903. The molecule has 1 aromatic rings. The molecule has 0 spiro atoms. The lowest BCUT2D eigenvalue weighted by Gasteiger charge is -2.21. The number of aliphatic hydroxyl groups is 3. The molecule has 0 radical (unpaired) electrons. The Kier molecular flexibility index (Phi) is 4.65. The first-order valence-electron chi connectivity index (χ1n) is 7.28. The summed E-state index contributed by atoms with van der Waals surface area (Å²) < 4.78 is 0. The fourth-order valence-corrected chi connectivity index (χ4v) is 2.71.